The molecule has 0 saturated carbocycles. The molecule has 4 nitrogen and oxygen atoms in total. The lowest BCUT2D eigenvalue weighted by Gasteiger charge is -2.08. The number of sulfonamides is 1. The zero-order valence-electron chi connectivity index (χ0n) is 11.6. The average molecular weight is 303 g/mol. The smallest absolute Gasteiger partial charge is 0.240 e. The lowest BCUT2D eigenvalue weighted by Crippen LogP contribution is -2.26. The van der Waals surface area contributed by atoms with Crippen molar-refractivity contribution >= 4 is 10.0 Å². The van der Waals surface area contributed by atoms with Crippen LogP contribution in [0.15, 0.2) is 53.4 Å². The van der Waals surface area contributed by atoms with Crippen LogP contribution in [-0.4, -0.2) is 21.6 Å². The average Bonchev–Trinajstić information content (AvgIpc) is 2.95. The SMILES string of the molecule is O=S(=O)(NCCc1ccccc1)c1ccc2c(c1)CCO2. The van der Waals surface area contributed by atoms with E-state index in [-0.39, 0.29) is 0 Å². The number of rotatable bonds is 5. The largest absolute Gasteiger partial charge is 0.493 e. The zero-order valence-corrected chi connectivity index (χ0v) is 12.4. The van der Waals surface area contributed by atoms with Crippen molar-refractivity contribution in [3.8, 4) is 5.75 Å². The second-order valence-corrected chi connectivity index (χ2v) is 6.77. The first kappa shape index (κ1) is 14.1. The first-order valence-corrected chi connectivity index (χ1v) is 8.43. The molecule has 0 aliphatic carbocycles. The van der Waals surface area contributed by atoms with Crippen LogP contribution in [0.3, 0.4) is 0 Å². The molecule has 110 valence electrons. The van der Waals surface area contributed by atoms with Gasteiger partial charge in [-0.3, -0.25) is 0 Å². The second kappa shape index (κ2) is 5.87. The van der Waals surface area contributed by atoms with E-state index in [1.54, 1.807) is 18.2 Å². The molecule has 21 heavy (non-hydrogen) atoms. The molecule has 0 bridgehead atoms. The third-order valence-electron chi connectivity index (χ3n) is 3.52. The van der Waals surface area contributed by atoms with Gasteiger partial charge in [0.05, 0.1) is 11.5 Å². The van der Waals surface area contributed by atoms with Gasteiger partial charge >= 0.3 is 0 Å². The van der Waals surface area contributed by atoms with E-state index < -0.39 is 10.0 Å². The van der Waals surface area contributed by atoms with E-state index in [9.17, 15) is 8.42 Å². The molecule has 1 aliphatic heterocycles. The Balaban J connectivity index is 1.67. The van der Waals surface area contributed by atoms with Gasteiger partial charge in [0.15, 0.2) is 0 Å². The molecule has 0 atom stereocenters. The van der Waals surface area contributed by atoms with Crippen LogP contribution in [0.5, 0.6) is 5.75 Å². The van der Waals surface area contributed by atoms with Crippen LogP contribution in [-0.2, 0) is 22.9 Å². The Morgan fingerprint density at radius 3 is 2.71 bits per heavy atom. The highest BCUT2D eigenvalue weighted by Gasteiger charge is 2.18. The minimum atomic E-state index is -3.46. The van der Waals surface area contributed by atoms with Gasteiger partial charge in [0.1, 0.15) is 5.75 Å². The Morgan fingerprint density at radius 2 is 1.90 bits per heavy atom. The maximum atomic E-state index is 12.3. The highest BCUT2D eigenvalue weighted by atomic mass is 32.2. The van der Waals surface area contributed by atoms with Crippen LogP contribution in [0.4, 0.5) is 0 Å². The van der Waals surface area contributed by atoms with Gasteiger partial charge in [-0.1, -0.05) is 30.3 Å². The van der Waals surface area contributed by atoms with Crippen molar-refractivity contribution in [3.05, 3.63) is 59.7 Å². The van der Waals surface area contributed by atoms with Crippen molar-refractivity contribution in [2.75, 3.05) is 13.2 Å². The Morgan fingerprint density at radius 1 is 1.10 bits per heavy atom. The third kappa shape index (κ3) is 3.25. The molecule has 2 aromatic carbocycles. The summed E-state index contributed by atoms with van der Waals surface area (Å²) in [5.41, 5.74) is 2.07. The van der Waals surface area contributed by atoms with Crippen molar-refractivity contribution in [1.29, 1.82) is 0 Å². The maximum Gasteiger partial charge on any atom is 0.240 e. The molecule has 0 saturated heterocycles. The fourth-order valence-electron chi connectivity index (χ4n) is 2.39. The summed E-state index contributed by atoms with van der Waals surface area (Å²) in [5.74, 6) is 0.790. The van der Waals surface area contributed by atoms with Crippen LogP contribution < -0.4 is 9.46 Å². The van der Waals surface area contributed by atoms with Gasteiger partial charge in [-0.15, -0.1) is 0 Å². The van der Waals surface area contributed by atoms with E-state index in [2.05, 4.69) is 4.72 Å². The normalized spacial score (nSPS) is 13.7. The van der Waals surface area contributed by atoms with E-state index in [0.29, 0.717) is 24.5 Å². The van der Waals surface area contributed by atoms with Crippen molar-refractivity contribution in [2.45, 2.75) is 17.7 Å². The number of fused-ring (bicyclic) bond motifs is 1. The van der Waals surface area contributed by atoms with E-state index in [4.69, 9.17) is 4.74 Å². The van der Waals surface area contributed by atoms with E-state index in [0.717, 1.165) is 23.3 Å². The Kier molecular flexibility index (Phi) is 3.94. The van der Waals surface area contributed by atoms with Crippen molar-refractivity contribution < 1.29 is 13.2 Å². The van der Waals surface area contributed by atoms with Crippen molar-refractivity contribution in [1.82, 2.24) is 4.72 Å². The Hall–Kier alpha value is -1.85. The first-order valence-electron chi connectivity index (χ1n) is 6.94. The summed E-state index contributed by atoms with van der Waals surface area (Å²) < 4.78 is 32.6. The fraction of sp³-hybridized carbons (Fsp3) is 0.250. The number of hydrogen-bond donors (Lipinski definition) is 1. The molecule has 0 aromatic heterocycles. The van der Waals surface area contributed by atoms with E-state index in [1.807, 2.05) is 30.3 Å². The molecule has 1 N–H and O–H groups in total. The Labute approximate surface area is 124 Å². The molecule has 0 radical (unpaired) electrons. The molecular formula is C16H17NO3S. The highest BCUT2D eigenvalue weighted by molar-refractivity contribution is 7.89. The van der Waals surface area contributed by atoms with Gasteiger partial charge in [-0.25, -0.2) is 13.1 Å². The molecule has 1 heterocycles. The summed E-state index contributed by atoms with van der Waals surface area (Å²) in [5, 5.41) is 0. The fourth-order valence-corrected chi connectivity index (χ4v) is 3.47. The number of benzene rings is 2. The summed E-state index contributed by atoms with van der Waals surface area (Å²) in [6.07, 6.45) is 1.44. The minimum absolute atomic E-state index is 0.305. The molecule has 5 heteroatoms. The molecule has 0 unspecified atom stereocenters. The molecule has 3 rings (SSSR count). The number of hydrogen-bond acceptors (Lipinski definition) is 3. The number of ether oxygens (including phenoxy) is 1. The third-order valence-corrected chi connectivity index (χ3v) is 4.98. The van der Waals surface area contributed by atoms with Gasteiger partial charge in [0, 0.05) is 13.0 Å². The van der Waals surface area contributed by atoms with Crippen LogP contribution in [0.25, 0.3) is 0 Å². The summed E-state index contributed by atoms with van der Waals surface area (Å²) in [6, 6.07) is 14.8. The molecule has 0 fully saturated rings. The van der Waals surface area contributed by atoms with Crippen LogP contribution in [0.1, 0.15) is 11.1 Å². The predicted octanol–water partition coefficient (Wildman–Crippen LogP) is 2.14. The van der Waals surface area contributed by atoms with Crippen LogP contribution in [0, 0.1) is 0 Å². The quantitative estimate of drug-likeness (QED) is 0.921. The molecule has 2 aromatic rings. The van der Waals surface area contributed by atoms with E-state index in [1.165, 1.54) is 0 Å². The minimum Gasteiger partial charge on any atom is -0.493 e. The molecular weight excluding hydrogens is 286 g/mol. The van der Waals surface area contributed by atoms with Crippen LogP contribution >= 0.6 is 0 Å². The molecule has 0 amide bonds. The topological polar surface area (TPSA) is 55.4 Å². The van der Waals surface area contributed by atoms with Crippen molar-refractivity contribution in [2.24, 2.45) is 0 Å². The summed E-state index contributed by atoms with van der Waals surface area (Å²) in [4.78, 5) is 0.305. The van der Waals surface area contributed by atoms with Crippen LogP contribution in [0.2, 0.25) is 0 Å². The predicted molar refractivity (Wildman–Crippen MR) is 81.0 cm³/mol. The summed E-state index contributed by atoms with van der Waals surface area (Å²) in [6.45, 7) is 1.01. The second-order valence-electron chi connectivity index (χ2n) is 5.00. The molecule has 0 spiro atoms. The van der Waals surface area contributed by atoms with Gasteiger partial charge in [0.2, 0.25) is 10.0 Å². The summed E-state index contributed by atoms with van der Waals surface area (Å²) >= 11 is 0. The van der Waals surface area contributed by atoms with Gasteiger partial charge in [-0.2, -0.15) is 0 Å². The number of nitrogens with one attached hydrogen (secondary N) is 1. The van der Waals surface area contributed by atoms with Crippen molar-refractivity contribution in [3.63, 3.8) is 0 Å². The lowest BCUT2D eigenvalue weighted by molar-refractivity contribution is 0.356. The highest BCUT2D eigenvalue weighted by Crippen LogP contribution is 2.27. The first-order chi connectivity index (χ1) is 10.1. The lowest BCUT2D eigenvalue weighted by atomic mass is 10.2. The van der Waals surface area contributed by atoms with E-state index >= 15 is 0 Å². The Bertz CT molecular complexity index is 726. The van der Waals surface area contributed by atoms with Gasteiger partial charge < -0.3 is 4.74 Å². The zero-order chi connectivity index (χ0) is 14.7. The standard InChI is InChI=1S/C16H17NO3S/c18-21(19,17-10-8-13-4-2-1-3-5-13)15-6-7-16-14(12-15)9-11-20-16/h1-7,12,17H,8-11H2. The monoisotopic (exact) mass is 303 g/mol. The maximum absolute atomic E-state index is 12.3. The van der Waals surface area contributed by atoms with Gasteiger partial charge in [0.25, 0.3) is 0 Å². The molecule has 1 aliphatic rings. The summed E-state index contributed by atoms with van der Waals surface area (Å²) in [7, 11) is -3.46. The van der Waals surface area contributed by atoms with Gasteiger partial charge in [-0.05, 0) is 35.7 Å².